The van der Waals surface area contributed by atoms with Crippen LogP contribution in [0.1, 0.15) is 5.56 Å². The maximum atomic E-state index is 13.5. The van der Waals surface area contributed by atoms with E-state index in [0.717, 1.165) is 19.2 Å². The normalized spacial score (nSPS) is 12.4. The number of methoxy groups -OCH3 is 1. The van der Waals surface area contributed by atoms with Crippen molar-refractivity contribution in [3.8, 4) is 5.75 Å². The largest absolute Gasteiger partial charge is 0.494 e. The first-order valence-corrected chi connectivity index (χ1v) is 4.90. The molecule has 1 aromatic rings. The molecule has 0 saturated carbocycles. The maximum Gasteiger partial charge on any atom is 0.461 e. The van der Waals surface area contributed by atoms with Gasteiger partial charge < -0.3 is 4.74 Å². The first-order chi connectivity index (χ1) is 8.61. The minimum absolute atomic E-state index is 0.347. The van der Waals surface area contributed by atoms with Gasteiger partial charge in [-0.3, -0.25) is 4.79 Å². The van der Waals surface area contributed by atoms with Gasteiger partial charge in [0.25, 0.3) is 0 Å². The van der Waals surface area contributed by atoms with Gasteiger partial charge in [-0.2, -0.15) is 22.0 Å². The Balaban J connectivity index is 3.01. The molecule has 0 radical (unpaired) electrons. The van der Waals surface area contributed by atoms with E-state index in [1.54, 1.807) is 0 Å². The average Bonchev–Trinajstić information content (AvgIpc) is 2.30. The number of carbonyl (C=O) groups excluding carboxylic acids is 1. The molecule has 0 aliphatic heterocycles. The van der Waals surface area contributed by atoms with E-state index >= 15 is 0 Å². The molecule has 0 amide bonds. The Morgan fingerprint density at radius 1 is 1.21 bits per heavy atom. The summed E-state index contributed by atoms with van der Waals surface area (Å²) < 4.78 is 79.3. The number of ketones is 1. The van der Waals surface area contributed by atoms with Crippen LogP contribution in [0.5, 0.6) is 5.75 Å². The number of alkyl halides is 5. The van der Waals surface area contributed by atoms with Crippen LogP contribution in [0.4, 0.5) is 26.3 Å². The first kappa shape index (κ1) is 15.3. The Labute approximate surface area is 104 Å². The molecule has 0 fully saturated rings. The van der Waals surface area contributed by atoms with Crippen LogP contribution in [0.15, 0.2) is 18.2 Å². The molecule has 1 rings (SSSR count). The van der Waals surface area contributed by atoms with E-state index in [1.165, 1.54) is 6.07 Å². The topological polar surface area (TPSA) is 26.3 Å². The Kier molecular flexibility index (Phi) is 4.12. The van der Waals surface area contributed by atoms with E-state index in [9.17, 15) is 31.1 Å². The number of ether oxygens (including phenoxy) is 1. The summed E-state index contributed by atoms with van der Waals surface area (Å²) in [6, 6.07) is 3.25. The van der Waals surface area contributed by atoms with Crippen molar-refractivity contribution in [1.29, 1.82) is 0 Å². The molecule has 8 heteroatoms. The van der Waals surface area contributed by atoms with E-state index < -0.39 is 35.7 Å². The molecular formula is C11H8F6O2. The Morgan fingerprint density at radius 2 is 1.79 bits per heavy atom. The molecule has 0 bridgehead atoms. The van der Waals surface area contributed by atoms with E-state index in [0.29, 0.717) is 0 Å². The van der Waals surface area contributed by atoms with Crippen molar-refractivity contribution in [1.82, 2.24) is 0 Å². The molecule has 0 atom stereocenters. The molecule has 19 heavy (non-hydrogen) atoms. The minimum atomic E-state index is -6.00. The van der Waals surface area contributed by atoms with Crippen LogP contribution in [0.2, 0.25) is 0 Å². The number of halogens is 6. The van der Waals surface area contributed by atoms with Gasteiger partial charge in [0.05, 0.1) is 7.11 Å². The van der Waals surface area contributed by atoms with Crippen molar-refractivity contribution in [2.45, 2.75) is 18.5 Å². The third kappa shape index (κ3) is 2.99. The number of benzene rings is 1. The molecular weight excluding hydrogens is 278 g/mol. The van der Waals surface area contributed by atoms with Gasteiger partial charge in [-0.25, -0.2) is 4.39 Å². The lowest BCUT2D eigenvalue weighted by atomic mass is 10.0. The van der Waals surface area contributed by atoms with Crippen LogP contribution in [0.25, 0.3) is 0 Å². The molecule has 0 aromatic heterocycles. The lowest BCUT2D eigenvalue weighted by Crippen LogP contribution is -2.44. The van der Waals surface area contributed by atoms with Gasteiger partial charge in [0.1, 0.15) is 0 Å². The summed E-state index contributed by atoms with van der Waals surface area (Å²) >= 11 is 0. The van der Waals surface area contributed by atoms with Crippen LogP contribution < -0.4 is 4.74 Å². The predicted molar refractivity (Wildman–Crippen MR) is 52.7 cm³/mol. The highest BCUT2D eigenvalue weighted by atomic mass is 19.4. The summed E-state index contributed by atoms with van der Waals surface area (Å²) in [5, 5.41) is 0. The van der Waals surface area contributed by atoms with Gasteiger partial charge in [0.15, 0.2) is 11.6 Å². The fourth-order valence-corrected chi connectivity index (χ4v) is 1.29. The number of hydrogen-bond acceptors (Lipinski definition) is 2. The van der Waals surface area contributed by atoms with Crippen molar-refractivity contribution in [3.63, 3.8) is 0 Å². The number of rotatable bonds is 4. The van der Waals surface area contributed by atoms with E-state index in [4.69, 9.17) is 0 Å². The van der Waals surface area contributed by atoms with Gasteiger partial charge in [-0.05, 0) is 11.6 Å². The van der Waals surface area contributed by atoms with Crippen LogP contribution >= 0.6 is 0 Å². The summed E-state index contributed by atoms with van der Waals surface area (Å²) in [7, 11) is 1.09. The van der Waals surface area contributed by atoms with Crippen molar-refractivity contribution in [2.75, 3.05) is 7.11 Å². The lowest BCUT2D eigenvalue weighted by molar-refractivity contribution is -0.268. The van der Waals surface area contributed by atoms with Gasteiger partial charge in [0.2, 0.25) is 5.78 Å². The zero-order valence-electron chi connectivity index (χ0n) is 9.52. The fourth-order valence-electron chi connectivity index (χ4n) is 1.29. The smallest absolute Gasteiger partial charge is 0.461 e. The van der Waals surface area contributed by atoms with Crippen LogP contribution in [0.3, 0.4) is 0 Å². The quantitative estimate of drug-likeness (QED) is 0.795. The average molecular weight is 286 g/mol. The zero-order valence-corrected chi connectivity index (χ0v) is 9.52. The highest BCUT2D eigenvalue weighted by Crippen LogP contribution is 2.37. The molecule has 0 N–H and O–H groups in total. The fraction of sp³-hybridized carbons (Fsp3) is 0.364. The first-order valence-electron chi connectivity index (χ1n) is 4.90. The zero-order chi connectivity index (χ0) is 14.8. The molecule has 2 nitrogen and oxygen atoms in total. The second kappa shape index (κ2) is 5.10. The van der Waals surface area contributed by atoms with Crippen LogP contribution in [0, 0.1) is 5.82 Å². The van der Waals surface area contributed by atoms with Crippen molar-refractivity contribution < 1.29 is 35.9 Å². The maximum absolute atomic E-state index is 13.5. The van der Waals surface area contributed by atoms with Crippen molar-refractivity contribution in [2.24, 2.45) is 0 Å². The van der Waals surface area contributed by atoms with Gasteiger partial charge in [-0.1, -0.05) is 12.1 Å². The van der Waals surface area contributed by atoms with E-state index in [2.05, 4.69) is 4.74 Å². The van der Waals surface area contributed by atoms with Crippen LogP contribution in [-0.4, -0.2) is 25.0 Å². The van der Waals surface area contributed by atoms with E-state index in [1.807, 2.05) is 0 Å². The van der Waals surface area contributed by atoms with E-state index in [-0.39, 0.29) is 5.75 Å². The van der Waals surface area contributed by atoms with Gasteiger partial charge in [0, 0.05) is 6.42 Å². The number of hydrogen-bond donors (Lipinski definition) is 0. The SMILES string of the molecule is COc1cccc(CC(=O)C(F)(F)C(F)(F)F)c1F. The molecule has 106 valence electrons. The summed E-state index contributed by atoms with van der Waals surface area (Å²) in [6.45, 7) is 0. The Hall–Kier alpha value is -1.73. The van der Waals surface area contributed by atoms with Crippen LogP contribution in [-0.2, 0) is 11.2 Å². The summed E-state index contributed by atoms with van der Waals surface area (Å²) in [5.41, 5.74) is -0.590. The molecule has 0 aliphatic rings. The Morgan fingerprint density at radius 3 is 2.26 bits per heavy atom. The van der Waals surface area contributed by atoms with Gasteiger partial charge >= 0.3 is 12.1 Å². The predicted octanol–water partition coefficient (Wildman–Crippen LogP) is 3.14. The monoisotopic (exact) mass is 286 g/mol. The number of Topliss-reactive ketones (excluding diaryl/α,β-unsaturated/α-hetero) is 1. The molecule has 0 heterocycles. The third-order valence-corrected chi connectivity index (χ3v) is 2.32. The molecule has 0 saturated heterocycles. The number of carbonyl (C=O) groups is 1. The molecule has 1 aromatic carbocycles. The van der Waals surface area contributed by atoms with Crippen molar-refractivity contribution >= 4 is 5.78 Å². The van der Waals surface area contributed by atoms with Crippen molar-refractivity contribution in [3.05, 3.63) is 29.6 Å². The third-order valence-electron chi connectivity index (χ3n) is 2.32. The van der Waals surface area contributed by atoms with Gasteiger partial charge in [-0.15, -0.1) is 0 Å². The molecule has 0 spiro atoms. The Bertz CT molecular complexity index is 481. The molecule has 0 unspecified atom stereocenters. The summed E-state index contributed by atoms with van der Waals surface area (Å²) in [6.07, 6.45) is -7.38. The highest BCUT2D eigenvalue weighted by Gasteiger charge is 2.62. The second-order valence-corrected chi connectivity index (χ2v) is 3.61. The molecule has 0 aliphatic carbocycles. The summed E-state index contributed by atoms with van der Waals surface area (Å²) in [5.74, 6) is -9.42. The lowest BCUT2D eigenvalue weighted by Gasteiger charge is -2.18. The standard InChI is InChI=1S/C11H8F6O2/c1-19-7-4-2-3-6(9(7)12)5-8(18)10(13,14)11(15,16)17/h2-4H,5H2,1H3. The minimum Gasteiger partial charge on any atom is -0.494 e. The summed E-state index contributed by atoms with van der Waals surface area (Å²) in [4.78, 5) is 11.0. The highest BCUT2D eigenvalue weighted by molar-refractivity contribution is 5.88. The second-order valence-electron chi connectivity index (χ2n) is 3.61.